The van der Waals surface area contributed by atoms with Crippen molar-refractivity contribution in [3.05, 3.63) is 36.0 Å². The van der Waals surface area contributed by atoms with E-state index in [2.05, 4.69) is 27.3 Å². The number of rotatable bonds is 4. The molecule has 1 amide bonds. The first-order valence-electron chi connectivity index (χ1n) is 6.78. The molecule has 0 aromatic carbocycles. The lowest BCUT2D eigenvalue weighted by Crippen LogP contribution is -2.20. The Kier molecular flexibility index (Phi) is 3.22. The smallest absolute Gasteiger partial charge is 0.277 e. The van der Waals surface area contributed by atoms with Gasteiger partial charge in [-0.05, 0) is 32.6 Å². The van der Waals surface area contributed by atoms with Crippen LogP contribution in [0.1, 0.15) is 41.9 Å². The SMILES string of the molecule is Cc1cnn([C@@H](C)C2CC2)c1NC(=O)c1cnccn1. The van der Waals surface area contributed by atoms with Crippen molar-refractivity contribution in [2.75, 3.05) is 5.32 Å². The molecule has 1 aliphatic carbocycles. The molecule has 104 valence electrons. The summed E-state index contributed by atoms with van der Waals surface area (Å²) in [6, 6.07) is 0.306. The van der Waals surface area contributed by atoms with Crippen molar-refractivity contribution in [1.82, 2.24) is 19.7 Å². The van der Waals surface area contributed by atoms with Crippen molar-refractivity contribution in [2.24, 2.45) is 5.92 Å². The molecule has 1 aliphatic rings. The summed E-state index contributed by atoms with van der Waals surface area (Å²) in [4.78, 5) is 20.1. The van der Waals surface area contributed by atoms with Gasteiger partial charge in [0.2, 0.25) is 0 Å². The van der Waals surface area contributed by atoms with Crippen LogP contribution in [0.3, 0.4) is 0 Å². The predicted octanol–water partition coefficient (Wildman–Crippen LogP) is 2.20. The van der Waals surface area contributed by atoms with E-state index in [1.807, 2.05) is 11.6 Å². The number of hydrogen-bond donors (Lipinski definition) is 1. The third-order valence-electron chi connectivity index (χ3n) is 3.70. The highest BCUT2D eigenvalue weighted by molar-refractivity contribution is 6.02. The number of nitrogens with zero attached hydrogens (tertiary/aromatic N) is 4. The first-order chi connectivity index (χ1) is 9.66. The van der Waals surface area contributed by atoms with E-state index in [0.717, 1.165) is 11.4 Å². The number of hydrogen-bond acceptors (Lipinski definition) is 4. The molecule has 0 unspecified atom stereocenters. The van der Waals surface area contributed by atoms with Crippen LogP contribution in [0.5, 0.6) is 0 Å². The van der Waals surface area contributed by atoms with Crippen molar-refractivity contribution in [3.8, 4) is 0 Å². The summed E-state index contributed by atoms with van der Waals surface area (Å²) >= 11 is 0. The van der Waals surface area contributed by atoms with Crippen LogP contribution in [-0.4, -0.2) is 25.7 Å². The molecule has 1 atom stereocenters. The Morgan fingerprint density at radius 1 is 1.40 bits per heavy atom. The molecule has 0 saturated heterocycles. The fourth-order valence-electron chi connectivity index (χ4n) is 2.28. The van der Waals surface area contributed by atoms with E-state index in [4.69, 9.17) is 0 Å². The van der Waals surface area contributed by atoms with Gasteiger partial charge >= 0.3 is 0 Å². The quantitative estimate of drug-likeness (QED) is 0.925. The molecule has 1 fully saturated rings. The van der Waals surface area contributed by atoms with E-state index < -0.39 is 0 Å². The standard InChI is InChI=1S/C14H17N5O/c1-9-7-17-19(10(2)11-3-4-11)13(9)18-14(20)12-8-15-5-6-16-12/h5-8,10-11H,3-4H2,1-2H3,(H,18,20)/t10-/m0/s1. The molecule has 0 bridgehead atoms. The zero-order valence-corrected chi connectivity index (χ0v) is 11.6. The summed E-state index contributed by atoms with van der Waals surface area (Å²) < 4.78 is 1.90. The number of aromatic nitrogens is 4. The number of amides is 1. The van der Waals surface area contributed by atoms with Crippen molar-refractivity contribution in [2.45, 2.75) is 32.7 Å². The van der Waals surface area contributed by atoms with Crippen molar-refractivity contribution in [1.29, 1.82) is 0 Å². The number of aryl methyl sites for hydroxylation is 1. The fraction of sp³-hybridized carbons (Fsp3) is 0.429. The third kappa shape index (κ3) is 2.41. The minimum Gasteiger partial charge on any atom is -0.305 e. The summed E-state index contributed by atoms with van der Waals surface area (Å²) in [6.07, 6.45) is 8.75. The first kappa shape index (κ1) is 12.8. The Labute approximate surface area is 117 Å². The van der Waals surface area contributed by atoms with Gasteiger partial charge in [-0.1, -0.05) is 0 Å². The second-order valence-corrected chi connectivity index (χ2v) is 5.24. The Morgan fingerprint density at radius 3 is 2.85 bits per heavy atom. The van der Waals surface area contributed by atoms with Crippen LogP contribution >= 0.6 is 0 Å². The molecular weight excluding hydrogens is 254 g/mol. The lowest BCUT2D eigenvalue weighted by Gasteiger charge is -2.16. The number of anilines is 1. The van der Waals surface area contributed by atoms with E-state index in [1.54, 1.807) is 12.4 Å². The maximum Gasteiger partial charge on any atom is 0.277 e. The highest BCUT2D eigenvalue weighted by atomic mass is 16.2. The summed E-state index contributed by atoms with van der Waals surface area (Å²) in [7, 11) is 0. The Balaban J connectivity index is 1.83. The van der Waals surface area contributed by atoms with E-state index in [-0.39, 0.29) is 5.91 Å². The minimum absolute atomic E-state index is 0.258. The van der Waals surface area contributed by atoms with Crippen LogP contribution in [0.25, 0.3) is 0 Å². The van der Waals surface area contributed by atoms with Gasteiger partial charge in [0.1, 0.15) is 11.5 Å². The van der Waals surface area contributed by atoms with Gasteiger partial charge in [-0.25, -0.2) is 9.67 Å². The Morgan fingerprint density at radius 2 is 2.20 bits per heavy atom. The summed E-state index contributed by atoms with van der Waals surface area (Å²) in [6.45, 7) is 4.08. The van der Waals surface area contributed by atoms with Crippen LogP contribution in [-0.2, 0) is 0 Å². The van der Waals surface area contributed by atoms with Crippen LogP contribution < -0.4 is 5.32 Å². The van der Waals surface area contributed by atoms with Gasteiger partial charge in [-0.3, -0.25) is 9.78 Å². The number of carbonyl (C=O) groups is 1. The Bertz CT molecular complexity index is 618. The van der Waals surface area contributed by atoms with Gasteiger partial charge in [-0.15, -0.1) is 0 Å². The monoisotopic (exact) mass is 271 g/mol. The van der Waals surface area contributed by atoms with Crippen molar-refractivity contribution >= 4 is 11.7 Å². The summed E-state index contributed by atoms with van der Waals surface area (Å²) in [5.74, 6) is 1.16. The zero-order valence-electron chi connectivity index (χ0n) is 11.6. The van der Waals surface area contributed by atoms with Crippen LogP contribution in [0.15, 0.2) is 24.8 Å². The molecular formula is C14H17N5O. The zero-order chi connectivity index (χ0) is 14.1. The molecule has 0 spiro atoms. The maximum atomic E-state index is 12.2. The number of carbonyl (C=O) groups excluding carboxylic acids is 1. The molecule has 3 rings (SSSR count). The maximum absolute atomic E-state index is 12.2. The fourth-order valence-corrected chi connectivity index (χ4v) is 2.28. The van der Waals surface area contributed by atoms with E-state index in [0.29, 0.717) is 17.7 Å². The molecule has 2 aromatic rings. The minimum atomic E-state index is -0.258. The van der Waals surface area contributed by atoms with Gasteiger partial charge in [0.15, 0.2) is 0 Å². The summed E-state index contributed by atoms with van der Waals surface area (Å²) in [5.41, 5.74) is 1.26. The third-order valence-corrected chi connectivity index (χ3v) is 3.70. The van der Waals surface area contributed by atoms with Crippen LogP contribution in [0.2, 0.25) is 0 Å². The van der Waals surface area contributed by atoms with Crippen LogP contribution in [0, 0.1) is 12.8 Å². The summed E-state index contributed by atoms with van der Waals surface area (Å²) in [5, 5.41) is 7.29. The van der Waals surface area contributed by atoms with E-state index >= 15 is 0 Å². The highest BCUT2D eigenvalue weighted by Gasteiger charge is 2.31. The molecule has 6 nitrogen and oxygen atoms in total. The largest absolute Gasteiger partial charge is 0.305 e. The lowest BCUT2D eigenvalue weighted by molar-refractivity contribution is 0.102. The molecule has 20 heavy (non-hydrogen) atoms. The second kappa shape index (κ2) is 5.03. The van der Waals surface area contributed by atoms with Gasteiger partial charge in [0, 0.05) is 18.0 Å². The first-order valence-corrected chi connectivity index (χ1v) is 6.78. The van der Waals surface area contributed by atoms with Crippen LogP contribution in [0.4, 0.5) is 5.82 Å². The predicted molar refractivity (Wildman–Crippen MR) is 74.4 cm³/mol. The highest BCUT2D eigenvalue weighted by Crippen LogP contribution is 2.40. The average molecular weight is 271 g/mol. The number of nitrogens with one attached hydrogen (secondary N) is 1. The molecule has 1 N–H and O–H groups in total. The molecule has 6 heteroatoms. The van der Waals surface area contributed by atoms with Gasteiger partial charge < -0.3 is 5.32 Å². The second-order valence-electron chi connectivity index (χ2n) is 5.24. The van der Waals surface area contributed by atoms with E-state index in [9.17, 15) is 4.79 Å². The van der Waals surface area contributed by atoms with Gasteiger partial charge in [0.25, 0.3) is 5.91 Å². The van der Waals surface area contributed by atoms with Crippen molar-refractivity contribution < 1.29 is 4.79 Å². The Hall–Kier alpha value is -2.24. The molecule has 2 heterocycles. The normalized spacial score (nSPS) is 15.9. The van der Waals surface area contributed by atoms with Gasteiger partial charge in [-0.2, -0.15) is 5.10 Å². The average Bonchev–Trinajstić information content (AvgIpc) is 3.26. The van der Waals surface area contributed by atoms with E-state index in [1.165, 1.54) is 25.2 Å². The lowest BCUT2D eigenvalue weighted by atomic mass is 10.2. The van der Waals surface area contributed by atoms with Crippen molar-refractivity contribution in [3.63, 3.8) is 0 Å². The molecule has 2 aromatic heterocycles. The molecule has 1 saturated carbocycles. The molecule has 0 radical (unpaired) electrons. The van der Waals surface area contributed by atoms with Gasteiger partial charge in [0.05, 0.1) is 18.4 Å². The molecule has 0 aliphatic heterocycles. The topological polar surface area (TPSA) is 72.7 Å².